The Hall–Kier alpha value is -2.96. The van der Waals surface area contributed by atoms with E-state index in [1.807, 2.05) is 24.3 Å². The fourth-order valence-corrected chi connectivity index (χ4v) is 2.15. The molecular weight excluding hydrogens is 311 g/mol. The molecule has 0 fully saturated rings. The highest BCUT2D eigenvalue weighted by Crippen LogP contribution is 2.17. The standard InChI is InChI=1S/C17H17FN4O2/c1-23-15-6-8-16(9-7-15)24-11-3-10-22-20-17(19-21-22)13-4-2-5-14(18)12-13/h2,4-9,12H,3,10-11H2,1H3. The summed E-state index contributed by atoms with van der Waals surface area (Å²) in [6.45, 7) is 1.10. The second-order valence-electron chi connectivity index (χ2n) is 5.10. The van der Waals surface area contributed by atoms with Gasteiger partial charge in [-0.25, -0.2) is 4.39 Å². The predicted octanol–water partition coefficient (Wildman–Crippen LogP) is 2.96. The number of aromatic nitrogens is 4. The Kier molecular flexibility index (Phi) is 5.00. The first-order chi connectivity index (χ1) is 11.7. The van der Waals surface area contributed by atoms with Crippen LogP contribution in [0.25, 0.3) is 11.4 Å². The van der Waals surface area contributed by atoms with E-state index in [0.29, 0.717) is 24.5 Å². The number of rotatable bonds is 7. The van der Waals surface area contributed by atoms with Gasteiger partial charge in [-0.05, 0) is 41.6 Å². The first-order valence-electron chi connectivity index (χ1n) is 7.55. The summed E-state index contributed by atoms with van der Waals surface area (Å²) in [5.41, 5.74) is 0.607. The zero-order valence-corrected chi connectivity index (χ0v) is 13.2. The largest absolute Gasteiger partial charge is 0.497 e. The summed E-state index contributed by atoms with van der Waals surface area (Å²) >= 11 is 0. The maximum absolute atomic E-state index is 13.2. The third-order valence-corrected chi connectivity index (χ3v) is 3.37. The molecule has 6 nitrogen and oxygen atoms in total. The second-order valence-corrected chi connectivity index (χ2v) is 5.10. The van der Waals surface area contributed by atoms with Gasteiger partial charge in [-0.1, -0.05) is 12.1 Å². The normalized spacial score (nSPS) is 10.6. The number of hydrogen-bond donors (Lipinski definition) is 0. The molecule has 3 rings (SSSR count). The highest BCUT2D eigenvalue weighted by atomic mass is 19.1. The van der Waals surface area contributed by atoms with Crippen molar-refractivity contribution in [3.05, 3.63) is 54.3 Å². The van der Waals surface area contributed by atoms with Crippen LogP contribution in [-0.4, -0.2) is 33.9 Å². The zero-order chi connectivity index (χ0) is 16.8. The predicted molar refractivity (Wildman–Crippen MR) is 86.3 cm³/mol. The monoisotopic (exact) mass is 328 g/mol. The molecule has 0 aliphatic heterocycles. The fraction of sp³-hybridized carbons (Fsp3) is 0.235. The lowest BCUT2D eigenvalue weighted by Gasteiger charge is -2.06. The van der Waals surface area contributed by atoms with Crippen LogP contribution in [0.5, 0.6) is 11.5 Å². The molecule has 0 atom stereocenters. The van der Waals surface area contributed by atoms with E-state index in [-0.39, 0.29) is 5.82 Å². The third-order valence-electron chi connectivity index (χ3n) is 3.37. The van der Waals surface area contributed by atoms with Crippen molar-refractivity contribution in [3.63, 3.8) is 0 Å². The van der Waals surface area contributed by atoms with E-state index in [9.17, 15) is 4.39 Å². The summed E-state index contributed by atoms with van der Waals surface area (Å²) in [6.07, 6.45) is 0.727. The minimum Gasteiger partial charge on any atom is -0.497 e. The summed E-state index contributed by atoms with van der Waals surface area (Å²) in [4.78, 5) is 1.48. The fourth-order valence-electron chi connectivity index (χ4n) is 2.15. The Morgan fingerprint density at radius 1 is 1.08 bits per heavy atom. The van der Waals surface area contributed by atoms with Crippen LogP contribution in [0, 0.1) is 5.82 Å². The maximum atomic E-state index is 13.2. The Morgan fingerprint density at radius 3 is 2.62 bits per heavy atom. The van der Waals surface area contributed by atoms with Crippen molar-refractivity contribution in [1.29, 1.82) is 0 Å². The van der Waals surface area contributed by atoms with Gasteiger partial charge in [0.2, 0.25) is 5.82 Å². The average molecular weight is 328 g/mol. The minimum atomic E-state index is -0.322. The SMILES string of the molecule is COc1ccc(OCCCn2nnc(-c3cccc(F)c3)n2)cc1. The van der Waals surface area contributed by atoms with Crippen LogP contribution in [0.4, 0.5) is 4.39 Å². The van der Waals surface area contributed by atoms with Crippen molar-refractivity contribution in [2.45, 2.75) is 13.0 Å². The van der Waals surface area contributed by atoms with Crippen LogP contribution < -0.4 is 9.47 Å². The highest BCUT2D eigenvalue weighted by Gasteiger charge is 2.06. The van der Waals surface area contributed by atoms with Crippen molar-refractivity contribution in [2.75, 3.05) is 13.7 Å². The zero-order valence-electron chi connectivity index (χ0n) is 13.2. The van der Waals surface area contributed by atoms with Gasteiger partial charge in [0, 0.05) is 12.0 Å². The second kappa shape index (κ2) is 7.54. The molecule has 0 N–H and O–H groups in total. The van der Waals surface area contributed by atoms with Crippen LogP contribution >= 0.6 is 0 Å². The van der Waals surface area contributed by atoms with Gasteiger partial charge in [-0.15, -0.1) is 10.2 Å². The van der Waals surface area contributed by atoms with E-state index in [0.717, 1.165) is 17.9 Å². The number of methoxy groups -OCH3 is 1. The summed E-state index contributed by atoms with van der Waals surface area (Å²) in [6, 6.07) is 13.5. The van der Waals surface area contributed by atoms with E-state index in [2.05, 4.69) is 15.4 Å². The van der Waals surface area contributed by atoms with Gasteiger partial charge in [-0.2, -0.15) is 4.80 Å². The van der Waals surface area contributed by atoms with E-state index in [1.165, 1.54) is 16.9 Å². The molecule has 0 bridgehead atoms. The van der Waals surface area contributed by atoms with Crippen LogP contribution in [0.1, 0.15) is 6.42 Å². The molecule has 2 aromatic carbocycles. The molecule has 3 aromatic rings. The molecule has 1 heterocycles. The van der Waals surface area contributed by atoms with Crippen molar-refractivity contribution in [1.82, 2.24) is 20.2 Å². The number of benzene rings is 2. The van der Waals surface area contributed by atoms with Gasteiger partial charge in [0.05, 0.1) is 20.3 Å². The average Bonchev–Trinajstić information content (AvgIpc) is 3.08. The van der Waals surface area contributed by atoms with E-state index in [4.69, 9.17) is 9.47 Å². The molecule has 0 saturated heterocycles. The van der Waals surface area contributed by atoms with Crippen LogP contribution in [0.15, 0.2) is 48.5 Å². The molecule has 24 heavy (non-hydrogen) atoms. The van der Waals surface area contributed by atoms with Gasteiger partial charge in [0.1, 0.15) is 17.3 Å². The quantitative estimate of drug-likeness (QED) is 0.624. The van der Waals surface area contributed by atoms with Gasteiger partial charge in [0.25, 0.3) is 0 Å². The summed E-state index contributed by atoms with van der Waals surface area (Å²) in [5, 5.41) is 12.2. The van der Waals surface area contributed by atoms with Crippen molar-refractivity contribution >= 4 is 0 Å². The number of ether oxygens (including phenoxy) is 2. The van der Waals surface area contributed by atoms with Crippen molar-refractivity contribution in [3.8, 4) is 22.9 Å². The van der Waals surface area contributed by atoms with Gasteiger partial charge in [-0.3, -0.25) is 0 Å². The van der Waals surface area contributed by atoms with Crippen molar-refractivity contribution < 1.29 is 13.9 Å². The summed E-state index contributed by atoms with van der Waals surface area (Å²) in [7, 11) is 1.62. The lowest BCUT2D eigenvalue weighted by molar-refractivity contribution is 0.292. The third kappa shape index (κ3) is 4.07. The lowest BCUT2D eigenvalue weighted by atomic mass is 10.2. The number of tetrazole rings is 1. The molecule has 0 spiro atoms. The van der Waals surface area contributed by atoms with E-state index < -0.39 is 0 Å². The van der Waals surface area contributed by atoms with Gasteiger partial charge in [0.15, 0.2) is 0 Å². The number of nitrogens with zero attached hydrogens (tertiary/aromatic N) is 4. The van der Waals surface area contributed by atoms with Crippen LogP contribution in [0.2, 0.25) is 0 Å². The minimum absolute atomic E-state index is 0.322. The molecule has 0 radical (unpaired) electrons. The number of halogens is 1. The molecule has 0 saturated carbocycles. The smallest absolute Gasteiger partial charge is 0.205 e. The molecule has 0 aliphatic carbocycles. The molecule has 1 aromatic heterocycles. The number of aryl methyl sites for hydroxylation is 1. The highest BCUT2D eigenvalue weighted by molar-refractivity contribution is 5.53. The Morgan fingerprint density at radius 2 is 1.88 bits per heavy atom. The Bertz CT molecular complexity index is 789. The van der Waals surface area contributed by atoms with Crippen LogP contribution in [0.3, 0.4) is 0 Å². The lowest BCUT2D eigenvalue weighted by Crippen LogP contribution is -2.07. The molecule has 0 aliphatic rings. The van der Waals surface area contributed by atoms with E-state index >= 15 is 0 Å². The number of hydrogen-bond acceptors (Lipinski definition) is 5. The summed E-state index contributed by atoms with van der Waals surface area (Å²) in [5.74, 6) is 1.66. The molecule has 0 unspecified atom stereocenters. The van der Waals surface area contributed by atoms with E-state index in [1.54, 1.807) is 19.2 Å². The molecule has 7 heteroatoms. The Balaban J connectivity index is 1.48. The van der Waals surface area contributed by atoms with Crippen molar-refractivity contribution in [2.24, 2.45) is 0 Å². The van der Waals surface area contributed by atoms with Gasteiger partial charge >= 0.3 is 0 Å². The maximum Gasteiger partial charge on any atom is 0.205 e. The first kappa shape index (κ1) is 15.9. The summed E-state index contributed by atoms with van der Waals surface area (Å²) < 4.78 is 23.9. The van der Waals surface area contributed by atoms with Crippen LogP contribution in [-0.2, 0) is 6.54 Å². The molecule has 124 valence electrons. The molecule has 0 amide bonds. The first-order valence-corrected chi connectivity index (χ1v) is 7.55. The topological polar surface area (TPSA) is 62.1 Å². The van der Waals surface area contributed by atoms with Gasteiger partial charge < -0.3 is 9.47 Å². The molecular formula is C17H17FN4O2. The Labute approximate surface area is 138 Å².